The lowest BCUT2D eigenvalue weighted by atomic mass is 9.36. The molecule has 0 spiro atoms. The lowest BCUT2D eigenvalue weighted by molar-refractivity contribution is -0.220. The topological polar surface area (TPSA) is 105 Å². The van der Waals surface area contributed by atoms with Crippen molar-refractivity contribution in [2.75, 3.05) is 0 Å². The summed E-state index contributed by atoms with van der Waals surface area (Å²) in [7, 11) is 0. The van der Waals surface area contributed by atoms with Crippen LogP contribution in [0.15, 0.2) is 43.0 Å². The van der Waals surface area contributed by atoms with Crippen LogP contribution in [-0.4, -0.2) is 34.7 Å². The number of carbonyl (C=O) groups is 3. The number of carboxylic acid groups (broad SMARTS) is 1. The molecule has 9 atom stereocenters. The lowest BCUT2D eigenvalue weighted by Crippen LogP contribution is -2.66. The third-order valence-electron chi connectivity index (χ3n) is 15.2. The summed E-state index contributed by atoms with van der Waals surface area (Å²) in [4.78, 5) is 38.3. The summed E-state index contributed by atoms with van der Waals surface area (Å²) in [5.41, 5.74) is -0.315. The van der Waals surface area contributed by atoms with Gasteiger partial charge in [-0.25, -0.2) is 4.79 Å². The smallest absolute Gasteiger partial charge is 0.315 e. The number of ether oxygens (including phenoxy) is 1. The van der Waals surface area contributed by atoms with Crippen molar-refractivity contribution in [2.45, 2.75) is 157 Å². The van der Waals surface area contributed by atoms with Crippen LogP contribution in [0.4, 0.5) is 4.79 Å². The van der Waals surface area contributed by atoms with Crippen molar-refractivity contribution in [2.24, 2.45) is 51.2 Å². The third-order valence-corrected chi connectivity index (χ3v) is 15.2. The van der Waals surface area contributed by atoms with E-state index in [0.29, 0.717) is 29.6 Å². The van der Waals surface area contributed by atoms with Crippen molar-refractivity contribution >= 4 is 18.0 Å². The monoisotopic (exact) mass is 705 g/mol. The predicted octanol–water partition coefficient (Wildman–Crippen LogP) is 10.0. The molecule has 0 aromatic heterocycles. The fraction of sp³-hybridized carbons (Fsp3) is 0.750. The molecule has 2 amide bonds. The molecule has 9 unspecified atom stereocenters. The van der Waals surface area contributed by atoms with E-state index >= 15 is 0 Å². The number of fused-ring (bicyclic) bond motifs is 7. The van der Waals surface area contributed by atoms with E-state index < -0.39 is 22.9 Å². The predicted molar refractivity (Wildman–Crippen MR) is 204 cm³/mol. The number of carbonyl (C=O) groups excluding carboxylic acids is 2. The number of hydrogen-bond donors (Lipinski definition) is 3. The molecule has 1 aromatic carbocycles. The zero-order valence-electron chi connectivity index (χ0n) is 33.2. The number of amides is 2. The van der Waals surface area contributed by atoms with Gasteiger partial charge in [0.1, 0.15) is 6.10 Å². The number of esters is 1. The van der Waals surface area contributed by atoms with Gasteiger partial charge in [-0.2, -0.15) is 0 Å². The Hall–Kier alpha value is -2.83. The van der Waals surface area contributed by atoms with E-state index in [1.165, 1.54) is 38.5 Å². The second kappa shape index (κ2) is 14.2. The molecule has 0 radical (unpaired) electrons. The maximum absolute atomic E-state index is 13.7. The molecule has 7 nitrogen and oxygen atoms in total. The first-order valence-corrected chi connectivity index (χ1v) is 19.9. The largest absolute Gasteiger partial charge is 0.481 e. The number of benzene rings is 1. The second-order valence-electron chi connectivity index (χ2n) is 19.4. The molecule has 5 saturated carbocycles. The summed E-state index contributed by atoms with van der Waals surface area (Å²) in [6.45, 7) is 22.4. The van der Waals surface area contributed by atoms with Crippen LogP contribution >= 0.6 is 0 Å². The fourth-order valence-electron chi connectivity index (χ4n) is 12.7. The minimum Gasteiger partial charge on any atom is -0.481 e. The molecular weight excluding hydrogens is 636 g/mol. The summed E-state index contributed by atoms with van der Waals surface area (Å²) < 4.78 is 6.14. The highest BCUT2D eigenvalue weighted by molar-refractivity contribution is 5.81. The van der Waals surface area contributed by atoms with E-state index in [1.54, 1.807) is 19.9 Å². The Balaban J connectivity index is 0.00000162. The molecular formula is C44H68N2O5. The Morgan fingerprint density at radius 2 is 1.51 bits per heavy atom. The minimum atomic E-state index is -1.13. The average molecular weight is 705 g/mol. The Morgan fingerprint density at radius 3 is 2.16 bits per heavy atom. The lowest BCUT2D eigenvalue weighted by Gasteiger charge is -2.69. The number of urea groups is 1. The maximum atomic E-state index is 13.7. The number of nitrogens with one attached hydrogen (secondary N) is 2. The van der Waals surface area contributed by atoms with Crippen LogP contribution in [0.25, 0.3) is 0 Å². The van der Waals surface area contributed by atoms with Crippen LogP contribution in [0.1, 0.15) is 145 Å². The first-order chi connectivity index (χ1) is 23.8. The first-order valence-electron chi connectivity index (χ1n) is 19.9. The molecule has 1 aromatic rings. The highest BCUT2D eigenvalue weighted by Crippen LogP contribution is 2.72. The SMILES string of the molecule is C=CC.CC(C)(CC(=O)OC1CCC2(C)C(CCC3(C)C4CCC5(NC(=O)NC(C)(C)c6ccccc6)CCCC5C4CCC32)C1(C)C)C(=O)O. The van der Waals surface area contributed by atoms with Crippen molar-refractivity contribution in [1.82, 2.24) is 10.6 Å². The van der Waals surface area contributed by atoms with Gasteiger partial charge < -0.3 is 20.5 Å². The van der Waals surface area contributed by atoms with Crippen molar-refractivity contribution in [1.29, 1.82) is 0 Å². The molecule has 0 heterocycles. The quantitative estimate of drug-likeness (QED) is 0.194. The van der Waals surface area contributed by atoms with Gasteiger partial charge in [-0.05, 0) is 145 Å². The number of hydrogen-bond acceptors (Lipinski definition) is 4. The molecule has 5 aliphatic carbocycles. The van der Waals surface area contributed by atoms with E-state index in [1.807, 2.05) is 25.1 Å². The first kappa shape index (κ1) is 39.4. The van der Waals surface area contributed by atoms with E-state index in [9.17, 15) is 19.5 Å². The Bertz CT molecular complexity index is 1450. The van der Waals surface area contributed by atoms with Gasteiger partial charge in [-0.15, -0.1) is 6.58 Å². The Morgan fingerprint density at radius 1 is 0.863 bits per heavy atom. The average Bonchev–Trinajstić information content (AvgIpc) is 3.46. The molecule has 5 aliphatic rings. The fourth-order valence-corrected chi connectivity index (χ4v) is 12.7. The third kappa shape index (κ3) is 7.13. The molecule has 0 bridgehead atoms. The van der Waals surface area contributed by atoms with Gasteiger partial charge in [0, 0.05) is 11.0 Å². The summed E-state index contributed by atoms with van der Waals surface area (Å²) >= 11 is 0. The standard InChI is InChI=1S/C41H62N2O5.C3H6/c1-36(2,34(45)46)25-33(44)48-32-20-23-40(8)30(37(32,3)4)19-22-39(7)28-18-24-41(21-12-15-29(41)27(28)16-17-31(39)40)43-35(47)42-38(5,6)26-13-10-9-11-14-26;1-3-2/h9-11,13-14,27-32H,12,15-25H2,1-8H3,(H,45,46)(H2,42,43,47);3H,1H2,2H3. The number of rotatable bonds is 7. The summed E-state index contributed by atoms with van der Waals surface area (Å²) in [6.07, 6.45) is 13.9. The van der Waals surface area contributed by atoms with Crippen LogP contribution in [-0.2, 0) is 19.9 Å². The summed E-state index contributed by atoms with van der Waals surface area (Å²) in [5.74, 6) is 1.57. The van der Waals surface area contributed by atoms with Crippen LogP contribution in [0.2, 0.25) is 0 Å². The molecule has 51 heavy (non-hydrogen) atoms. The van der Waals surface area contributed by atoms with Gasteiger partial charge in [0.15, 0.2) is 0 Å². The zero-order chi connectivity index (χ0) is 37.6. The van der Waals surface area contributed by atoms with Crippen LogP contribution in [0, 0.1) is 51.2 Å². The van der Waals surface area contributed by atoms with Crippen molar-refractivity contribution in [3.05, 3.63) is 48.6 Å². The van der Waals surface area contributed by atoms with Crippen molar-refractivity contribution < 1.29 is 24.2 Å². The molecule has 284 valence electrons. The van der Waals surface area contributed by atoms with Gasteiger partial charge in [-0.1, -0.05) is 70.5 Å². The number of aliphatic carboxylic acids is 1. The maximum Gasteiger partial charge on any atom is 0.315 e. The summed E-state index contributed by atoms with van der Waals surface area (Å²) in [6, 6.07) is 10.2. The molecule has 3 N–H and O–H groups in total. The van der Waals surface area contributed by atoms with Gasteiger partial charge in [0.05, 0.1) is 17.4 Å². The highest BCUT2D eigenvalue weighted by Gasteiger charge is 2.66. The molecule has 0 saturated heterocycles. The van der Waals surface area contributed by atoms with Gasteiger partial charge in [0.25, 0.3) is 0 Å². The normalized spacial score (nSPS) is 36.7. The minimum absolute atomic E-state index is 0.0339. The summed E-state index contributed by atoms with van der Waals surface area (Å²) in [5, 5.41) is 16.5. The van der Waals surface area contributed by atoms with Gasteiger partial charge in [-0.3, -0.25) is 9.59 Å². The highest BCUT2D eigenvalue weighted by atomic mass is 16.5. The molecule has 5 fully saturated rings. The van der Waals surface area contributed by atoms with E-state index in [4.69, 9.17) is 4.74 Å². The zero-order valence-corrected chi connectivity index (χ0v) is 33.2. The second-order valence-corrected chi connectivity index (χ2v) is 19.4. The van der Waals surface area contributed by atoms with Crippen molar-refractivity contribution in [3.8, 4) is 0 Å². The van der Waals surface area contributed by atoms with Crippen LogP contribution in [0.5, 0.6) is 0 Å². The van der Waals surface area contributed by atoms with Gasteiger partial charge >= 0.3 is 18.0 Å². The molecule has 7 heteroatoms. The van der Waals surface area contributed by atoms with E-state index in [0.717, 1.165) is 37.7 Å². The number of allylic oxidation sites excluding steroid dienone is 1. The number of carboxylic acids is 1. The van der Waals surface area contributed by atoms with Crippen molar-refractivity contribution in [3.63, 3.8) is 0 Å². The Labute approximate surface area is 308 Å². The van der Waals surface area contributed by atoms with E-state index in [-0.39, 0.29) is 40.3 Å². The van der Waals surface area contributed by atoms with Gasteiger partial charge in [0.2, 0.25) is 0 Å². The van der Waals surface area contributed by atoms with Crippen LogP contribution < -0.4 is 10.6 Å². The molecule has 6 rings (SSSR count). The Kier molecular flexibility index (Phi) is 11.0. The van der Waals surface area contributed by atoms with Crippen LogP contribution in [0.3, 0.4) is 0 Å². The van der Waals surface area contributed by atoms with E-state index in [2.05, 4.69) is 70.9 Å². The molecule has 0 aliphatic heterocycles.